The number of benzene rings is 1. The summed E-state index contributed by atoms with van der Waals surface area (Å²) in [7, 11) is 0. The van der Waals surface area contributed by atoms with Crippen molar-refractivity contribution in [2.75, 3.05) is 0 Å². The lowest BCUT2D eigenvalue weighted by Crippen LogP contribution is -2.02. The number of aromatic nitrogens is 3. The average molecular weight is 294 g/mol. The van der Waals surface area contributed by atoms with Gasteiger partial charge in [0, 0.05) is 18.2 Å². The van der Waals surface area contributed by atoms with Gasteiger partial charge >= 0.3 is 0 Å². The second-order valence-electron chi connectivity index (χ2n) is 3.86. The van der Waals surface area contributed by atoms with Crippen LogP contribution in [-0.2, 0) is 18.2 Å². The van der Waals surface area contributed by atoms with E-state index < -0.39 is 0 Å². The first kappa shape index (κ1) is 12.3. The maximum absolute atomic E-state index is 4.52. The fraction of sp³-hybridized carbons (Fsp3) is 0.385. The summed E-state index contributed by atoms with van der Waals surface area (Å²) in [5.74, 6) is 1.93. The normalized spacial score (nSPS) is 10.8. The van der Waals surface area contributed by atoms with E-state index in [0.717, 1.165) is 35.5 Å². The van der Waals surface area contributed by atoms with Crippen molar-refractivity contribution in [1.82, 2.24) is 14.8 Å². The quantitative estimate of drug-likeness (QED) is 0.810. The highest BCUT2D eigenvalue weighted by Gasteiger charge is 2.08. The fourth-order valence-electron chi connectivity index (χ4n) is 1.70. The Morgan fingerprint density at radius 2 is 1.82 bits per heavy atom. The molecule has 2 rings (SSSR count). The molecular weight excluding hydrogens is 278 g/mol. The van der Waals surface area contributed by atoms with E-state index in [0.29, 0.717) is 0 Å². The Kier molecular flexibility index (Phi) is 3.94. The zero-order chi connectivity index (χ0) is 12.3. The lowest BCUT2D eigenvalue weighted by molar-refractivity contribution is 0.791. The maximum Gasteiger partial charge on any atom is 0.151 e. The number of alkyl halides is 1. The van der Waals surface area contributed by atoms with Crippen molar-refractivity contribution in [3.8, 4) is 5.69 Å². The molecule has 3 nitrogen and oxygen atoms in total. The van der Waals surface area contributed by atoms with Gasteiger partial charge in [-0.3, -0.25) is 0 Å². The number of aryl methyl sites for hydroxylation is 2. The molecule has 17 heavy (non-hydrogen) atoms. The fourth-order valence-corrected chi connectivity index (χ4v) is 2.08. The van der Waals surface area contributed by atoms with Gasteiger partial charge < -0.3 is 0 Å². The van der Waals surface area contributed by atoms with Crippen molar-refractivity contribution in [2.24, 2.45) is 0 Å². The van der Waals surface area contributed by atoms with Crippen LogP contribution in [0.4, 0.5) is 0 Å². The molecule has 0 fully saturated rings. The van der Waals surface area contributed by atoms with E-state index >= 15 is 0 Å². The van der Waals surface area contributed by atoms with Gasteiger partial charge in [-0.05, 0) is 17.7 Å². The summed E-state index contributed by atoms with van der Waals surface area (Å²) >= 11 is 3.45. The van der Waals surface area contributed by atoms with Gasteiger partial charge in [0.2, 0.25) is 0 Å². The zero-order valence-corrected chi connectivity index (χ0v) is 11.7. The summed E-state index contributed by atoms with van der Waals surface area (Å²) in [6.45, 7) is 4.18. The number of rotatable bonds is 4. The Hall–Kier alpha value is -1.16. The molecule has 1 aromatic carbocycles. The van der Waals surface area contributed by atoms with Crippen LogP contribution in [-0.4, -0.2) is 14.8 Å². The Morgan fingerprint density at radius 3 is 2.35 bits per heavy atom. The van der Waals surface area contributed by atoms with Crippen molar-refractivity contribution in [3.05, 3.63) is 41.5 Å². The number of nitrogens with zero attached hydrogens (tertiary/aromatic N) is 3. The van der Waals surface area contributed by atoms with Crippen LogP contribution in [0.15, 0.2) is 24.3 Å². The van der Waals surface area contributed by atoms with Crippen molar-refractivity contribution in [1.29, 1.82) is 0 Å². The second-order valence-corrected chi connectivity index (χ2v) is 4.42. The minimum atomic E-state index is 0.874. The average Bonchev–Trinajstić information content (AvgIpc) is 2.82. The van der Waals surface area contributed by atoms with Gasteiger partial charge in [-0.2, -0.15) is 5.10 Å². The maximum atomic E-state index is 4.52. The van der Waals surface area contributed by atoms with E-state index in [1.165, 1.54) is 5.56 Å². The van der Waals surface area contributed by atoms with E-state index in [-0.39, 0.29) is 0 Å². The first-order valence-electron chi connectivity index (χ1n) is 5.88. The van der Waals surface area contributed by atoms with Gasteiger partial charge in [-0.15, -0.1) is 0 Å². The van der Waals surface area contributed by atoms with Crippen LogP contribution in [0.2, 0.25) is 0 Å². The molecule has 0 saturated carbocycles. The molecule has 0 saturated heterocycles. The van der Waals surface area contributed by atoms with Gasteiger partial charge in [-0.25, -0.2) is 9.67 Å². The first-order valence-corrected chi connectivity index (χ1v) is 7.00. The van der Waals surface area contributed by atoms with Gasteiger partial charge in [-0.1, -0.05) is 41.9 Å². The molecule has 0 atom stereocenters. The molecule has 2 aromatic rings. The van der Waals surface area contributed by atoms with Crippen LogP contribution >= 0.6 is 15.9 Å². The minimum Gasteiger partial charge on any atom is -0.218 e. The van der Waals surface area contributed by atoms with E-state index in [9.17, 15) is 0 Å². The predicted octanol–water partition coefficient (Wildman–Crippen LogP) is 3.29. The van der Waals surface area contributed by atoms with Gasteiger partial charge in [0.05, 0.1) is 5.69 Å². The third-order valence-corrected chi connectivity index (χ3v) is 3.33. The Bertz CT molecular complexity index is 488. The Balaban J connectivity index is 2.40. The van der Waals surface area contributed by atoms with Gasteiger partial charge in [0.15, 0.2) is 5.82 Å². The van der Waals surface area contributed by atoms with Crippen molar-refractivity contribution < 1.29 is 0 Å². The monoisotopic (exact) mass is 293 g/mol. The molecule has 0 N–H and O–H groups in total. The summed E-state index contributed by atoms with van der Waals surface area (Å²) in [5.41, 5.74) is 2.35. The van der Waals surface area contributed by atoms with Crippen LogP contribution in [0, 0.1) is 0 Å². The number of halogens is 1. The molecule has 0 unspecified atom stereocenters. The smallest absolute Gasteiger partial charge is 0.151 e. The third kappa shape index (κ3) is 2.57. The molecule has 1 aromatic heterocycles. The molecule has 0 aliphatic carbocycles. The molecule has 0 aliphatic heterocycles. The van der Waals surface area contributed by atoms with Crippen molar-refractivity contribution in [3.63, 3.8) is 0 Å². The summed E-state index contributed by atoms with van der Waals surface area (Å²) in [6, 6.07) is 8.39. The largest absolute Gasteiger partial charge is 0.218 e. The highest BCUT2D eigenvalue weighted by Crippen LogP contribution is 2.13. The number of hydrogen-bond donors (Lipinski definition) is 0. The van der Waals surface area contributed by atoms with Crippen LogP contribution in [0.1, 0.15) is 31.1 Å². The zero-order valence-electron chi connectivity index (χ0n) is 10.2. The lowest BCUT2D eigenvalue weighted by atomic mass is 10.2. The second kappa shape index (κ2) is 5.45. The molecular formula is C13H16BrN3. The highest BCUT2D eigenvalue weighted by atomic mass is 79.9. The van der Waals surface area contributed by atoms with E-state index in [1.807, 2.05) is 4.68 Å². The molecule has 0 aliphatic rings. The molecule has 90 valence electrons. The predicted molar refractivity (Wildman–Crippen MR) is 72.7 cm³/mol. The SMILES string of the molecule is CCc1nc(CC)n(-c2ccc(CBr)cc2)n1. The van der Waals surface area contributed by atoms with E-state index in [2.05, 4.69) is 64.1 Å². The summed E-state index contributed by atoms with van der Waals surface area (Å²) in [6.07, 6.45) is 1.77. The molecule has 0 spiro atoms. The highest BCUT2D eigenvalue weighted by molar-refractivity contribution is 9.08. The van der Waals surface area contributed by atoms with Crippen LogP contribution in [0.25, 0.3) is 5.69 Å². The molecule has 0 amide bonds. The topological polar surface area (TPSA) is 30.7 Å². The minimum absolute atomic E-state index is 0.874. The van der Waals surface area contributed by atoms with Crippen molar-refractivity contribution >= 4 is 15.9 Å². The Labute approximate surface area is 110 Å². The van der Waals surface area contributed by atoms with Crippen LogP contribution in [0.3, 0.4) is 0 Å². The van der Waals surface area contributed by atoms with Crippen LogP contribution in [0.5, 0.6) is 0 Å². The van der Waals surface area contributed by atoms with E-state index in [4.69, 9.17) is 0 Å². The third-order valence-electron chi connectivity index (χ3n) is 2.69. The van der Waals surface area contributed by atoms with Gasteiger partial charge in [0.25, 0.3) is 0 Å². The summed E-state index contributed by atoms with van der Waals surface area (Å²) < 4.78 is 1.94. The molecule has 4 heteroatoms. The Morgan fingerprint density at radius 1 is 1.12 bits per heavy atom. The molecule has 1 heterocycles. The van der Waals surface area contributed by atoms with E-state index in [1.54, 1.807) is 0 Å². The summed E-state index contributed by atoms with van der Waals surface area (Å²) in [5, 5.41) is 5.40. The molecule has 0 radical (unpaired) electrons. The van der Waals surface area contributed by atoms with Gasteiger partial charge in [0.1, 0.15) is 5.82 Å². The number of hydrogen-bond acceptors (Lipinski definition) is 2. The standard InChI is InChI=1S/C13H16BrN3/c1-3-12-15-13(4-2)17(16-12)11-7-5-10(9-14)6-8-11/h5-8H,3-4,9H2,1-2H3. The lowest BCUT2D eigenvalue weighted by Gasteiger charge is -2.04. The van der Waals surface area contributed by atoms with Crippen LogP contribution < -0.4 is 0 Å². The first-order chi connectivity index (χ1) is 8.28. The van der Waals surface area contributed by atoms with Crippen molar-refractivity contribution in [2.45, 2.75) is 32.0 Å². The molecule has 0 bridgehead atoms. The summed E-state index contributed by atoms with van der Waals surface area (Å²) in [4.78, 5) is 4.51.